The zero-order chi connectivity index (χ0) is 24.7. The van der Waals surface area contributed by atoms with Crippen molar-refractivity contribution in [3.05, 3.63) is 59.0 Å². The number of likely N-dealkylation sites (tertiary alicyclic amines) is 1. The van der Waals surface area contributed by atoms with Gasteiger partial charge in [0.1, 0.15) is 5.65 Å². The molecule has 0 saturated carbocycles. The van der Waals surface area contributed by atoms with Crippen LogP contribution in [0.2, 0.25) is 0 Å². The van der Waals surface area contributed by atoms with Gasteiger partial charge in [-0.15, -0.1) is 0 Å². The van der Waals surface area contributed by atoms with Gasteiger partial charge >= 0.3 is 0 Å². The van der Waals surface area contributed by atoms with Crippen LogP contribution in [0.5, 0.6) is 0 Å². The largest absolute Gasteiger partial charge is 0.358 e. The lowest BCUT2D eigenvalue weighted by Crippen LogP contribution is -2.40. The summed E-state index contributed by atoms with van der Waals surface area (Å²) in [6.07, 6.45) is 9.30. The first kappa shape index (κ1) is 23.6. The maximum absolute atomic E-state index is 11.8. The van der Waals surface area contributed by atoms with Gasteiger partial charge in [0.15, 0.2) is 0 Å². The Labute approximate surface area is 207 Å². The number of nitrogens with zero attached hydrogens (tertiary/aromatic N) is 3. The van der Waals surface area contributed by atoms with Gasteiger partial charge < -0.3 is 14.7 Å². The van der Waals surface area contributed by atoms with Gasteiger partial charge in [-0.2, -0.15) is 0 Å². The zero-order valence-electron chi connectivity index (χ0n) is 21.6. The van der Waals surface area contributed by atoms with Gasteiger partial charge in [-0.3, -0.25) is 9.69 Å². The van der Waals surface area contributed by atoms with Crippen molar-refractivity contribution in [3.63, 3.8) is 0 Å². The van der Waals surface area contributed by atoms with E-state index >= 15 is 0 Å². The van der Waals surface area contributed by atoms with Crippen LogP contribution in [0.15, 0.2) is 36.8 Å². The van der Waals surface area contributed by atoms with Gasteiger partial charge in [0.2, 0.25) is 5.91 Å². The summed E-state index contributed by atoms with van der Waals surface area (Å²) >= 11 is 0. The predicted molar refractivity (Wildman–Crippen MR) is 143 cm³/mol. The molecule has 1 fully saturated rings. The Morgan fingerprint density at radius 1 is 1.26 bits per heavy atom. The van der Waals surface area contributed by atoms with Crippen LogP contribution in [-0.4, -0.2) is 51.9 Å². The van der Waals surface area contributed by atoms with E-state index in [2.05, 4.69) is 76.7 Å². The van der Waals surface area contributed by atoms with Crippen LogP contribution in [0.1, 0.15) is 67.7 Å². The molecule has 5 rings (SSSR count). The molecule has 1 aliphatic heterocycles. The minimum absolute atomic E-state index is 0.0988. The lowest BCUT2D eigenvalue weighted by Gasteiger charge is -2.31. The van der Waals surface area contributed by atoms with Crippen molar-refractivity contribution < 1.29 is 4.79 Å². The van der Waals surface area contributed by atoms with Crippen molar-refractivity contribution in [1.82, 2.24) is 24.6 Å². The number of aromatic nitrogens is 3. The van der Waals surface area contributed by atoms with Crippen LogP contribution in [0.4, 0.5) is 0 Å². The minimum atomic E-state index is 0.0988. The number of H-pyrrole nitrogens is 1. The summed E-state index contributed by atoms with van der Waals surface area (Å²) in [5.41, 5.74) is 10.2. The summed E-state index contributed by atoms with van der Waals surface area (Å²) in [6, 6.07) is 6.99. The van der Waals surface area contributed by atoms with Crippen LogP contribution in [-0.2, 0) is 11.2 Å². The molecule has 0 unspecified atom stereocenters. The number of amides is 1. The molecule has 0 radical (unpaired) electrons. The van der Waals surface area contributed by atoms with Gasteiger partial charge in [-0.25, -0.2) is 4.98 Å². The standard InChI is InChI=1S/C29H37N5O/c1-6-22-19(4)24(16-34-14-11-31-29(22)34)28-27(18(2)3)23-15-21(7-8-25(23)32-28)20-9-12-33(13-10-20)17-26(35)30-5/h7-8,11,14-16,18,20,32H,6,9-10,12-13,17H2,1-5H3,(H,30,35). The average Bonchev–Trinajstić information content (AvgIpc) is 3.48. The molecule has 0 atom stereocenters. The van der Waals surface area contributed by atoms with Crippen molar-refractivity contribution in [2.75, 3.05) is 26.7 Å². The highest BCUT2D eigenvalue weighted by atomic mass is 16.1. The SMILES string of the molecule is CCc1c(C)c(-c2[nH]c3ccc(C4CCN(CC(=O)NC)CC4)cc3c2C(C)C)cn2ccnc12. The van der Waals surface area contributed by atoms with Crippen LogP contribution in [0.25, 0.3) is 27.8 Å². The van der Waals surface area contributed by atoms with E-state index in [1.165, 1.54) is 44.4 Å². The van der Waals surface area contributed by atoms with E-state index in [-0.39, 0.29) is 5.91 Å². The molecule has 1 aliphatic rings. The lowest BCUT2D eigenvalue weighted by molar-refractivity contribution is -0.122. The van der Waals surface area contributed by atoms with Crippen LogP contribution in [0, 0.1) is 6.92 Å². The number of aromatic amines is 1. The number of likely N-dealkylation sites (N-methyl/N-ethyl adjacent to an activating group) is 1. The predicted octanol–water partition coefficient (Wildman–Crippen LogP) is 5.40. The first-order valence-electron chi connectivity index (χ1n) is 12.9. The van der Waals surface area contributed by atoms with E-state index in [1.807, 2.05) is 12.4 Å². The highest BCUT2D eigenvalue weighted by Gasteiger charge is 2.24. The Bertz CT molecular complexity index is 1370. The zero-order valence-corrected chi connectivity index (χ0v) is 21.6. The van der Waals surface area contributed by atoms with E-state index in [0.717, 1.165) is 38.0 Å². The third-order valence-electron chi connectivity index (χ3n) is 7.83. The Hall–Kier alpha value is -3.12. The number of nitrogens with one attached hydrogen (secondary N) is 2. The van der Waals surface area contributed by atoms with E-state index in [1.54, 1.807) is 7.05 Å². The Morgan fingerprint density at radius 3 is 2.71 bits per heavy atom. The van der Waals surface area contributed by atoms with Crippen LogP contribution in [0.3, 0.4) is 0 Å². The lowest BCUT2D eigenvalue weighted by atomic mass is 9.87. The number of imidazole rings is 1. The monoisotopic (exact) mass is 471 g/mol. The molecule has 1 saturated heterocycles. The smallest absolute Gasteiger partial charge is 0.233 e. The Kier molecular flexibility index (Phi) is 6.41. The summed E-state index contributed by atoms with van der Waals surface area (Å²) < 4.78 is 2.16. The maximum atomic E-state index is 11.8. The number of fused-ring (bicyclic) bond motifs is 2. The normalized spacial score (nSPS) is 15.5. The molecule has 4 heterocycles. The highest BCUT2D eigenvalue weighted by Crippen LogP contribution is 2.40. The molecule has 0 spiro atoms. The fourth-order valence-corrected chi connectivity index (χ4v) is 5.90. The number of piperidine rings is 1. The van der Waals surface area contributed by atoms with E-state index in [9.17, 15) is 4.79 Å². The maximum Gasteiger partial charge on any atom is 0.233 e. The topological polar surface area (TPSA) is 65.4 Å². The van der Waals surface area contributed by atoms with Gasteiger partial charge in [0.05, 0.1) is 12.2 Å². The summed E-state index contributed by atoms with van der Waals surface area (Å²) in [5.74, 6) is 1.03. The van der Waals surface area contributed by atoms with Crippen molar-refractivity contribution in [2.45, 2.75) is 58.8 Å². The number of aryl methyl sites for hydroxylation is 1. The van der Waals surface area contributed by atoms with Crippen molar-refractivity contribution in [1.29, 1.82) is 0 Å². The molecule has 1 amide bonds. The highest BCUT2D eigenvalue weighted by molar-refractivity contribution is 5.93. The first-order valence-corrected chi connectivity index (χ1v) is 12.9. The van der Waals surface area contributed by atoms with Gasteiger partial charge in [-0.05, 0) is 85.5 Å². The number of pyridine rings is 1. The van der Waals surface area contributed by atoms with Gasteiger partial charge in [0, 0.05) is 42.1 Å². The van der Waals surface area contributed by atoms with E-state index in [0.29, 0.717) is 18.4 Å². The molecule has 35 heavy (non-hydrogen) atoms. The number of benzene rings is 1. The second-order valence-corrected chi connectivity index (χ2v) is 10.3. The quantitative estimate of drug-likeness (QED) is 0.396. The molecule has 6 nitrogen and oxygen atoms in total. The Balaban J connectivity index is 1.53. The number of rotatable bonds is 6. The molecule has 2 N–H and O–H groups in total. The summed E-state index contributed by atoms with van der Waals surface area (Å²) in [7, 11) is 1.71. The number of hydrogen-bond acceptors (Lipinski definition) is 3. The average molecular weight is 472 g/mol. The first-order chi connectivity index (χ1) is 16.9. The van der Waals surface area contributed by atoms with Crippen molar-refractivity contribution in [2.24, 2.45) is 0 Å². The summed E-state index contributed by atoms with van der Waals surface area (Å²) in [5, 5.41) is 4.07. The molecule has 6 heteroatoms. The molecule has 0 aliphatic carbocycles. The fourth-order valence-electron chi connectivity index (χ4n) is 5.90. The second kappa shape index (κ2) is 9.50. The molecule has 4 aromatic rings. The number of carbonyl (C=O) groups is 1. The van der Waals surface area contributed by atoms with E-state index < -0.39 is 0 Å². The molecular formula is C29H37N5O. The molecular weight excluding hydrogens is 434 g/mol. The summed E-state index contributed by atoms with van der Waals surface area (Å²) in [4.78, 5) is 22.4. The summed E-state index contributed by atoms with van der Waals surface area (Å²) in [6.45, 7) is 11.5. The molecule has 184 valence electrons. The second-order valence-electron chi connectivity index (χ2n) is 10.3. The molecule has 3 aromatic heterocycles. The molecule has 1 aromatic carbocycles. The van der Waals surface area contributed by atoms with Gasteiger partial charge in [0.25, 0.3) is 0 Å². The minimum Gasteiger partial charge on any atom is -0.358 e. The van der Waals surface area contributed by atoms with Crippen LogP contribution < -0.4 is 5.32 Å². The van der Waals surface area contributed by atoms with Crippen molar-refractivity contribution >= 4 is 22.5 Å². The molecule has 0 bridgehead atoms. The van der Waals surface area contributed by atoms with Crippen molar-refractivity contribution in [3.8, 4) is 11.3 Å². The fraction of sp³-hybridized carbons (Fsp3) is 0.448. The third-order valence-corrected chi connectivity index (χ3v) is 7.83. The van der Waals surface area contributed by atoms with Crippen LogP contribution >= 0.6 is 0 Å². The number of hydrogen-bond donors (Lipinski definition) is 2. The van der Waals surface area contributed by atoms with E-state index in [4.69, 9.17) is 0 Å². The number of carbonyl (C=O) groups excluding carboxylic acids is 1. The van der Waals surface area contributed by atoms with Gasteiger partial charge in [-0.1, -0.05) is 26.8 Å². The Morgan fingerprint density at radius 2 is 2.03 bits per heavy atom. The third kappa shape index (κ3) is 4.25.